The van der Waals surface area contributed by atoms with Crippen molar-refractivity contribution in [3.05, 3.63) is 40.4 Å². The third-order valence-corrected chi connectivity index (χ3v) is 5.69. The number of amides is 1. The average molecular weight is 373 g/mol. The van der Waals surface area contributed by atoms with Gasteiger partial charge in [0.1, 0.15) is 5.01 Å². The van der Waals surface area contributed by atoms with E-state index in [0.29, 0.717) is 10.7 Å². The molecule has 0 spiro atoms. The van der Waals surface area contributed by atoms with Gasteiger partial charge in [-0.25, -0.2) is 0 Å². The second kappa shape index (κ2) is 8.27. The SMILES string of the molecule is CC(C)(C)c1ccc(C(=O)Nc2nnc(CCN3CCCCC3)s2)cc1. The highest BCUT2D eigenvalue weighted by atomic mass is 32.1. The number of piperidine rings is 1. The first-order valence-electron chi connectivity index (χ1n) is 9.38. The zero-order valence-electron chi connectivity index (χ0n) is 15.9. The summed E-state index contributed by atoms with van der Waals surface area (Å²) >= 11 is 1.47. The lowest BCUT2D eigenvalue weighted by molar-refractivity contribution is 0.102. The van der Waals surface area contributed by atoms with Crippen LogP contribution in [0.15, 0.2) is 24.3 Å². The minimum atomic E-state index is -0.135. The molecule has 1 amide bonds. The molecule has 1 aliphatic heterocycles. The van der Waals surface area contributed by atoms with Gasteiger partial charge in [0, 0.05) is 18.5 Å². The van der Waals surface area contributed by atoms with E-state index in [1.807, 2.05) is 24.3 Å². The normalized spacial score (nSPS) is 15.8. The Balaban J connectivity index is 1.53. The van der Waals surface area contributed by atoms with Crippen LogP contribution in [-0.4, -0.2) is 40.6 Å². The van der Waals surface area contributed by atoms with Crippen molar-refractivity contribution in [2.45, 2.75) is 51.9 Å². The van der Waals surface area contributed by atoms with E-state index in [1.165, 1.54) is 49.3 Å². The van der Waals surface area contributed by atoms with Crippen molar-refractivity contribution in [3.8, 4) is 0 Å². The van der Waals surface area contributed by atoms with E-state index in [2.05, 4.69) is 41.2 Å². The molecule has 0 bridgehead atoms. The summed E-state index contributed by atoms with van der Waals surface area (Å²) in [6, 6.07) is 7.76. The van der Waals surface area contributed by atoms with E-state index in [1.54, 1.807) is 0 Å². The Bertz CT molecular complexity index is 727. The summed E-state index contributed by atoms with van der Waals surface area (Å²) in [4.78, 5) is 14.9. The molecule has 2 aromatic rings. The van der Waals surface area contributed by atoms with Crippen LogP contribution in [0.2, 0.25) is 0 Å². The number of benzene rings is 1. The summed E-state index contributed by atoms with van der Waals surface area (Å²) in [5.74, 6) is -0.135. The molecule has 1 aliphatic rings. The maximum atomic E-state index is 12.4. The van der Waals surface area contributed by atoms with Gasteiger partial charge >= 0.3 is 0 Å². The maximum Gasteiger partial charge on any atom is 0.257 e. The average Bonchev–Trinajstić information content (AvgIpc) is 3.07. The Morgan fingerprint density at radius 1 is 1.12 bits per heavy atom. The first-order valence-corrected chi connectivity index (χ1v) is 10.2. The molecular weight excluding hydrogens is 344 g/mol. The van der Waals surface area contributed by atoms with Gasteiger partial charge in [0.15, 0.2) is 0 Å². The fourth-order valence-corrected chi connectivity index (χ4v) is 3.86. The molecule has 3 rings (SSSR count). The number of hydrogen-bond donors (Lipinski definition) is 1. The second-order valence-electron chi connectivity index (χ2n) is 7.93. The molecule has 6 heteroatoms. The molecule has 26 heavy (non-hydrogen) atoms. The predicted molar refractivity (Wildman–Crippen MR) is 107 cm³/mol. The monoisotopic (exact) mass is 372 g/mol. The van der Waals surface area contributed by atoms with E-state index in [9.17, 15) is 4.79 Å². The lowest BCUT2D eigenvalue weighted by Crippen LogP contribution is -2.31. The van der Waals surface area contributed by atoms with Crippen LogP contribution in [0.3, 0.4) is 0 Å². The van der Waals surface area contributed by atoms with Crippen LogP contribution >= 0.6 is 11.3 Å². The van der Waals surface area contributed by atoms with Crippen molar-refractivity contribution in [1.29, 1.82) is 0 Å². The molecule has 0 radical (unpaired) electrons. The molecule has 1 N–H and O–H groups in total. The molecule has 1 saturated heterocycles. The van der Waals surface area contributed by atoms with E-state index in [-0.39, 0.29) is 11.3 Å². The Morgan fingerprint density at radius 3 is 2.46 bits per heavy atom. The van der Waals surface area contributed by atoms with Crippen molar-refractivity contribution >= 4 is 22.4 Å². The van der Waals surface area contributed by atoms with Crippen LogP contribution in [0, 0.1) is 0 Å². The van der Waals surface area contributed by atoms with Gasteiger partial charge in [-0.3, -0.25) is 10.1 Å². The molecule has 5 nitrogen and oxygen atoms in total. The van der Waals surface area contributed by atoms with E-state index >= 15 is 0 Å². The van der Waals surface area contributed by atoms with Crippen LogP contribution in [0.5, 0.6) is 0 Å². The first-order chi connectivity index (χ1) is 12.4. The van der Waals surface area contributed by atoms with Crippen molar-refractivity contribution in [3.63, 3.8) is 0 Å². The Labute approximate surface area is 159 Å². The number of hydrogen-bond acceptors (Lipinski definition) is 5. The van der Waals surface area contributed by atoms with Gasteiger partial charge in [0.05, 0.1) is 0 Å². The molecular formula is C20H28N4OS. The Kier molecular flexibility index (Phi) is 6.04. The highest BCUT2D eigenvalue weighted by molar-refractivity contribution is 7.15. The Hall–Kier alpha value is -1.79. The lowest BCUT2D eigenvalue weighted by Gasteiger charge is -2.25. The van der Waals surface area contributed by atoms with Gasteiger partial charge in [0.2, 0.25) is 5.13 Å². The number of rotatable bonds is 5. The number of nitrogens with one attached hydrogen (secondary N) is 1. The maximum absolute atomic E-state index is 12.4. The van der Waals surface area contributed by atoms with Crippen molar-refractivity contribution in [1.82, 2.24) is 15.1 Å². The van der Waals surface area contributed by atoms with Crippen LogP contribution in [0.25, 0.3) is 0 Å². The fraction of sp³-hybridized carbons (Fsp3) is 0.550. The number of aromatic nitrogens is 2. The van der Waals surface area contributed by atoms with Crippen molar-refractivity contribution < 1.29 is 4.79 Å². The van der Waals surface area contributed by atoms with Gasteiger partial charge in [-0.15, -0.1) is 10.2 Å². The van der Waals surface area contributed by atoms with Crippen molar-refractivity contribution in [2.75, 3.05) is 25.0 Å². The van der Waals surface area contributed by atoms with Crippen LogP contribution < -0.4 is 5.32 Å². The van der Waals surface area contributed by atoms with E-state index in [4.69, 9.17) is 0 Å². The minimum absolute atomic E-state index is 0.0808. The van der Waals surface area contributed by atoms with Gasteiger partial charge in [0.25, 0.3) is 5.91 Å². The van der Waals surface area contributed by atoms with Crippen LogP contribution in [-0.2, 0) is 11.8 Å². The molecule has 140 valence electrons. The highest BCUT2D eigenvalue weighted by Crippen LogP contribution is 2.23. The molecule has 0 unspecified atom stereocenters. The van der Waals surface area contributed by atoms with E-state index in [0.717, 1.165) is 18.0 Å². The molecule has 1 fully saturated rings. The lowest BCUT2D eigenvalue weighted by atomic mass is 9.87. The zero-order valence-corrected chi connectivity index (χ0v) is 16.7. The summed E-state index contributed by atoms with van der Waals surface area (Å²) < 4.78 is 0. The quantitative estimate of drug-likeness (QED) is 0.858. The summed E-state index contributed by atoms with van der Waals surface area (Å²) in [6.45, 7) is 9.88. The first kappa shape index (κ1) is 19.0. The zero-order chi connectivity index (χ0) is 18.6. The summed E-state index contributed by atoms with van der Waals surface area (Å²) in [5, 5.41) is 12.8. The molecule has 0 saturated carbocycles. The van der Waals surface area contributed by atoms with Gasteiger partial charge in [-0.1, -0.05) is 50.7 Å². The summed E-state index contributed by atoms with van der Waals surface area (Å²) in [5.41, 5.74) is 1.94. The molecule has 0 atom stereocenters. The van der Waals surface area contributed by atoms with Crippen molar-refractivity contribution in [2.24, 2.45) is 0 Å². The number of likely N-dealkylation sites (tertiary alicyclic amines) is 1. The topological polar surface area (TPSA) is 58.1 Å². The fourth-order valence-electron chi connectivity index (χ4n) is 3.13. The summed E-state index contributed by atoms with van der Waals surface area (Å²) in [6.07, 6.45) is 4.84. The van der Waals surface area contributed by atoms with Gasteiger partial charge in [-0.05, 0) is 49.0 Å². The van der Waals surface area contributed by atoms with Gasteiger partial charge in [-0.2, -0.15) is 0 Å². The smallest absolute Gasteiger partial charge is 0.257 e. The van der Waals surface area contributed by atoms with Gasteiger partial charge < -0.3 is 4.90 Å². The molecule has 1 aromatic heterocycles. The number of nitrogens with zero attached hydrogens (tertiary/aromatic N) is 3. The number of carbonyl (C=O) groups excluding carboxylic acids is 1. The predicted octanol–water partition coefficient (Wildman–Crippen LogP) is 4.12. The highest BCUT2D eigenvalue weighted by Gasteiger charge is 2.16. The van der Waals surface area contributed by atoms with E-state index < -0.39 is 0 Å². The third kappa shape index (κ3) is 5.11. The van der Waals surface area contributed by atoms with Crippen LogP contribution in [0.1, 0.15) is 61.0 Å². The molecule has 1 aromatic carbocycles. The van der Waals surface area contributed by atoms with Crippen LogP contribution in [0.4, 0.5) is 5.13 Å². The second-order valence-corrected chi connectivity index (χ2v) is 9.00. The Morgan fingerprint density at radius 2 is 1.81 bits per heavy atom. The minimum Gasteiger partial charge on any atom is -0.303 e. The molecule has 0 aliphatic carbocycles. The standard InChI is InChI=1S/C20H28N4OS/c1-20(2,3)16-9-7-15(8-10-16)18(25)21-19-23-22-17(26-19)11-14-24-12-5-4-6-13-24/h7-10H,4-6,11-14H2,1-3H3,(H,21,23,25). The summed E-state index contributed by atoms with van der Waals surface area (Å²) in [7, 11) is 0. The third-order valence-electron chi connectivity index (χ3n) is 4.79. The number of carbonyl (C=O) groups is 1. The largest absolute Gasteiger partial charge is 0.303 e. The number of anilines is 1. The molecule has 2 heterocycles.